The maximum Gasteiger partial charge on any atom is 0.439 e. The molecule has 1 fully saturated rings. The van der Waals surface area contributed by atoms with Crippen LogP contribution in [0.4, 0.5) is 5.95 Å². The number of hydrogen-bond donors (Lipinski definition) is 2. The quantitative estimate of drug-likeness (QED) is 0.307. The van der Waals surface area contributed by atoms with Gasteiger partial charge in [0.2, 0.25) is 11.8 Å². The summed E-state index contributed by atoms with van der Waals surface area (Å²) >= 11 is 6.32. The molecule has 0 aliphatic heterocycles. The first-order valence-corrected chi connectivity index (χ1v) is 13.1. The smallest absolute Gasteiger partial charge is 0.383 e. The first-order valence-electron chi connectivity index (χ1n) is 12.7. The number of fused-ring (bicyclic) bond motifs is 1. The lowest BCUT2D eigenvalue weighted by Crippen LogP contribution is -2.23. The lowest BCUT2D eigenvalue weighted by atomic mass is 9.81. The Morgan fingerprint density at radius 3 is 2.76 bits per heavy atom. The van der Waals surface area contributed by atoms with Crippen molar-refractivity contribution in [1.82, 2.24) is 29.7 Å². The molecule has 4 aromatic rings. The van der Waals surface area contributed by atoms with Crippen LogP contribution in [0.15, 0.2) is 33.8 Å². The van der Waals surface area contributed by atoms with E-state index in [0.717, 1.165) is 35.9 Å². The van der Waals surface area contributed by atoms with Gasteiger partial charge in [0.25, 0.3) is 0 Å². The van der Waals surface area contributed by atoms with Gasteiger partial charge in [0.1, 0.15) is 5.69 Å². The number of imidazole rings is 1. The van der Waals surface area contributed by atoms with Crippen molar-refractivity contribution in [2.75, 3.05) is 19.0 Å². The second-order valence-corrected chi connectivity index (χ2v) is 10.5. The van der Waals surface area contributed by atoms with Crippen LogP contribution in [0.2, 0.25) is 5.02 Å². The normalized spacial score (nSPS) is 18.8. The van der Waals surface area contributed by atoms with Gasteiger partial charge in [0, 0.05) is 37.7 Å². The van der Waals surface area contributed by atoms with Gasteiger partial charge in [0.15, 0.2) is 0 Å². The number of nitrogens with one attached hydrogen (secondary N) is 2. The number of pyridine rings is 2. The highest BCUT2D eigenvalue weighted by Gasteiger charge is 2.23. The van der Waals surface area contributed by atoms with Gasteiger partial charge in [0.05, 0.1) is 28.4 Å². The molecule has 1 unspecified atom stereocenters. The van der Waals surface area contributed by atoms with Crippen LogP contribution in [-0.2, 0) is 11.3 Å². The standard InChI is InChI=1S/C26H32ClN7O3/c1-15-4-6-17(7-5-15)8-9-34-23-20(31-25(34)29-16(2)14-36-3)11-21(24-32-26(35)37-33-24)30-22(23)18-10-19(27)13-28-12-18/h10-13,15-17H,4-9,14H2,1-3H3,(H,29,31)(H,32,33,35). The molecule has 0 saturated heterocycles. The van der Waals surface area contributed by atoms with Gasteiger partial charge < -0.3 is 14.6 Å². The van der Waals surface area contributed by atoms with E-state index in [9.17, 15) is 4.79 Å². The van der Waals surface area contributed by atoms with Gasteiger partial charge in [-0.15, -0.1) is 0 Å². The van der Waals surface area contributed by atoms with Crippen molar-refractivity contribution in [3.05, 3.63) is 40.1 Å². The Morgan fingerprint density at radius 1 is 1.24 bits per heavy atom. The van der Waals surface area contributed by atoms with Crippen molar-refractivity contribution >= 4 is 28.6 Å². The number of hydrogen-bond acceptors (Lipinski definition) is 8. The van der Waals surface area contributed by atoms with Crippen molar-refractivity contribution in [3.63, 3.8) is 0 Å². The van der Waals surface area contributed by atoms with Crippen LogP contribution >= 0.6 is 11.6 Å². The number of aromatic amines is 1. The summed E-state index contributed by atoms with van der Waals surface area (Å²) in [5.74, 6) is 1.82. The third-order valence-corrected chi connectivity index (χ3v) is 7.28. The minimum absolute atomic E-state index is 0.0479. The number of halogens is 1. The fourth-order valence-electron chi connectivity index (χ4n) is 5.13. The van der Waals surface area contributed by atoms with Crippen LogP contribution in [0.25, 0.3) is 33.8 Å². The van der Waals surface area contributed by atoms with E-state index in [1.54, 1.807) is 19.5 Å². The Hall–Kier alpha value is -3.24. The summed E-state index contributed by atoms with van der Waals surface area (Å²) in [6, 6.07) is 3.69. The maximum absolute atomic E-state index is 11.6. The molecule has 0 spiro atoms. The minimum Gasteiger partial charge on any atom is -0.383 e. The van der Waals surface area contributed by atoms with Crippen LogP contribution in [0, 0.1) is 11.8 Å². The van der Waals surface area contributed by atoms with Gasteiger partial charge in [-0.1, -0.05) is 49.4 Å². The molecule has 10 nitrogen and oxygen atoms in total. The molecule has 0 radical (unpaired) electrons. The van der Waals surface area contributed by atoms with E-state index in [1.165, 1.54) is 25.7 Å². The molecule has 11 heteroatoms. The van der Waals surface area contributed by atoms with Crippen LogP contribution < -0.4 is 11.1 Å². The molecule has 5 rings (SSSR count). The van der Waals surface area contributed by atoms with Crippen LogP contribution in [0.3, 0.4) is 0 Å². The second kappa shape index (κ2) is 11.0. The third kappa shape index (κ3) is 5.70. The van der Waals surface area contributed by atoms with Crippen molar-refractivity contribution in [2.45, 2.75) is 58.5 Å². The summed E-state index contributed by atoms with van der Waals surface area (Å²) in [7, 11) is 1.68. The molecule has 37 heavy (non-hydrogen) atoms. The summed E-state index contributed by atoms with van der Waals surface area (Å²) in [5.41, 5.74) is 3.43. The number of rotatable bonds is 9. The first-order chi connectivity index (χ1) is 17.9. The first kappa shape index (κ1) is 25.4. The van der Waals surface area contributed by atoms with E-state index in [-0.39, 0.29) is 11.9 Å². The number of methoxy groups -OCH3 is 1. The van der Waals surface area contributed by atoms with Crippen molar-refractivity contribution in [2.24, 2.45) is 11.8 Å². The predicted molar refractivity (Wildman–Crippen MR) is 143 cm³/mol. The fourth-order valence-corrected chi connectivity index (χ4v) is 5.30. The zero-order valence-corrected chi connectivity index (χ0v) is 22.1. The van der Waals surface area contributed by atoms with E-state index in [2.05, 4.69) is 38.9 Å². The molecule has 4 aromatic heterocycles. The Labute approximate surface area is 219 Å². The summed E-state index contributed by atoms with van der Waals surface area (Å²) in [5, 5.41) is 7.85. The van der Waals surface area contributed by atoms with Gasteiger partial charge in [-0.25, -0.2) is 14.8 Å². The molecule has 0 amide bonds. The number of anilines is 1. The molecule has 1 saturated carbocycles. The number of H-pyrrole nitrogens is 1. The lowest BCUT2D eigenvalue weighted by molar-refractivity contribution is 0.190. The molecule has 0 bridgehead atoms. The van der Waals surface area contributed by atoms with Gasteiger partial charge in [-0.2, -0.15) is 0 Å². The van der Waals surface area contributed by atoms with E-state index in [1.807, 2.05) is 12.1 Å². The highest BCUT2D eigenvalue weighted by atomic mass is 35.5. The monoisotopic (exact) mass is 525 g/mol. The lowest BCUT2D eigenvalue weighted by Gasteiger charge is -2.26. The molecule has 0 aromatic carbocycles. The molecule has 1 aliphatic rings. The SMILES string of the molecule is COCC(C)Nc1nc2cc(-c3noc(=O)[nH]3)nc(-c3cncc(Cl)c3)c2n1CCC1CCC(C)CC1. The zero-order valence-electron chi connectivity index (χ0n) is 21.3. The molecular weight excluding hydrogens is 494 g/mol. The Balaban J connectivity index is 1.64. The topological polar surface area (TPSA) is 124 Å². The van der Waals surface area contributed by atoms with E-state index in [0.29, 0.717) is 34.5 Å². The molecular formula is C26H32ClN7O3. The average Bonchev–Trinajstić information content (AvgIpc) is 3.46. The Bertz CT molecular complexity index is 1420. The van der Waals surface area contributed by atoms with Crippen molar-refractivity contribution in [1.29, 1.82) is 0 Å². The summed E-state index contributed by atoms with van der Waals surface area (Å²) in [4.78, 5) is 28.4. The van der Waals surface area contributed by atoms with E-state index in [4.69, 9.17) is 30.8 Å². The van der Waals surface area contributed by atoms with Gasteiger partial charge >= 0.3 is 5.76 Å². The third-order valence-electron chi connectivity index (χ3n) is 7.07. The summed E-state index contributed by atoms with van der Waals surface area (Å²) in [6.07, 6.45) is 9.44. The molecule has 4 heterocycles. The number of nitrogens with zero attached hydrogens (tertiary/aromatic N) is 5. The number of aromatic nitrogens is 6. The Kier molecular flexibility index (Phi) is 7.57. The van der Waals surface area contributed by atoms with Crippen LogP contribution in [0.5, 0.6) is 0 Å². The molecule has 1 atom stereocenters. The van der Waals surface area contributed by atoms with E-state index >= 15 is 0 Å². The van der Waals surface area contributed by atoms with Crippen molar-refractivity contribution in [3.8, 4) is 22.8 Å². The van der Waals surface area contributed by atoms with Gasteiger partial charge in [-0.05, 0) is 37.3 Å². The average molecular weight is 526 g/mol. The number of ether oxygens (including phenoxy) is 1. The minimum atomic E-state index is -0.647. The van der Waals surface area contributed by atoms with Gasteiger partial charge in [-0.3, -0.25) is 14.5 Å². The molecule has 1 aliphatic carbocycles. The van der Waals surface area contributed by atoms with E-state index < -0.39 is 5.76 Å². The van der Waals surface area contributed by atoms with Crippen LogP contribution in [-0.4, -0.2) is 49.4 Å². The highest BCUT2D eigenvalue weighted by molar-refractivity contribution is 6.30. The van der Waals surface area contributed by atoms with Crippen molar-refractivity contribution < 1.29 is 9.26 Å². The second-order valence-electron chi connectivity index (χ2n) is 10.1. The molecule has 2 N–H and O–H groups in total. The largest absolute Gasteiger partial charge is 0.439 e. The van der Waals surface area contributed by atoms with Crippen LogP contribution in [0.1, 0.15) is 46.0 Å². The Morgan fingerprint density at radius 2 is 2.05 bits per heavy atom. The highest BCUT2D eigenvalue weighted by Crippen LogP contribution is 2.35. The predicted octanol–water partition coefficient (Wildman–Crippen LogP) is 5.15. The summed E-state index contributed by atoms with van der Waals surface area (Å²) in [6.45, 7) is 5.73. The maximum atomic E-state index is 11.6. The summed E-state index contributed by atoms with van der Waals surface area (Å²) < 4.78 is 12.3. The fraction of sp³-hybridized carbons (Fsp3) is 0.500. The number of aryl methyl sites for hydroxylation is 1. The molecule has 196 valence electrons. The zero-order chi connectivity index (χ0) is 25.9.